The second-order valence-electron chi connectivity index (χ2n) is 9.14. The quantitative estimate of drug-likeness (QED) is 0.313. The van der Waals surface area contributed by atoms with Gasteiger partial charge in [-0.3, -0.25) is 9.78 Å². The number of nitrogens with zero attached hydrogens (tertiary/aromatic N) is 3. The zero-order chi connectivity index (χ0) is 22.8. The topological polar surface area (TPSA) is 47.8 Å². The smallest absolute Gasteiger partial charge is 0.267 e. The van der Waals surface area contributed by atoms with Gasteiger partial charge in [0, 0.05) is 16.0 Å². The van der Waals surface area contributed by atoms with E-state index >= 15 is 0 Å². The van der Waals surface area contributed by atoms with Crippen molar-refractivity contribution >= 4 is 45.6 Å². The first-order valence-corrected chi connectivity index (χ1v) is 11.4. The van der Waals surface area contributed by atoms with E-state index in [1.54, 1.807) is 12.1 Å². The van der Waals surface area contributed by atoms with Gasteiger partial charge in [-0.1, -0.05) is 78.5 Å². The van der Waals surface area contributed by atoms with Crippen LogP contribution in [0, 0.1) is 12.3 Å². The fourth-order valence-corrected chi connectivity index (χ4v) is 5.38. The lowest BCUT2D eigenvalue weighted by Crippen LogP contribution is -2.31. The molecular weight excluding hydrogens is 465 g/mol. The van der Waals surface area contributed by atoms with E-state index < -0.39 is 0 Å². The lowest BCUT2D eigenvalue weighted by Gasteiger charge is -2.30. The van der Waals surface area contributed by atoms with Gasteiger partial charge in [0.25, 0.3) is 5.56 Å². The zero-order valence-corrected chi connectivity index (χ0v) is 20.1. The minimum Gasteiger partial charge on any atom is -0.267 e. The second kappa shape index (κ2) is 7.58. The molecule has 1 aliphatic carbocycles. The summed E-state index contributed by atoms with van der Waals surface area (Å²) in [6.07, 6.45) is 1.48. The molecule has 0 bridgehead atoms. The lowest BCUT2D eigenvalue weighted by molar-refractivity contribution is 0.345. The third-order valence-electron chi connectivity index (χ3n) is 5.86. The zero-order valence-electron chi connectivity index (χ0n) is 17.8. The molecule has 0 N–H and O–H groups in total. The minimum absolute atomic E-state index is 0.0539. The lowest BCUT2D eigenvalue weighted by atomic mass is 9.77. The molecule has 0 saturated carbocycles. The summed E-state index contributed by atoms with van der Waals surface area (Å²) in [5.41, 5.74) is 4.60. The molecule has 0 unspecified atom stereocenters. The van der Waals surface area contributed by atoms with Gasteiger partial charge in [-0.15, -0.1) is 0 Å². The fraction of sp³-hybridized carbons (Fsp3) is 0.240. The Labute approximate surface area is 200 Å². The molecule has 0 amide bonds. The molecule has 0 atom stereocenters. The highest BCUT2D eigenvalue weighted by molar-refractivity contribution is 6.40. The summed E-state index contributed by atoms with van der Waals surface area (Å²) < 4.78 is 1.31. The molecule has 0 saturated heterocycles. The summed E-state index contributed by atoms with van der Waals surface area (Å²) in [4.78, 5) is 18.6. The molecule has 2 aromatic heterocycles. The van der Waals surface area contributed by atoms with Gasteiger partial charge in [0.15, 0.2) is 0 Å². The van der Waals surface area contributed by atoms with Crippen molar-refractivity contribution in [3.63, 3.8) is 0 Å². The highest BCUT2D eigenvalue weighted by Gasteiger charge is 2.31. The molecule has 5 rings (SSSR count). The van der Waals surface area contributed by atoms with Crippen molar-refractivity contribution in [1.29, 1.82) is 0 Å². The summed E-state index contributed by atoms with van der Waals surface area (Å²) in [5.74, 6) is 0. The molecular formula is C25H20Cl3N3O. The number of halogens is 3. The molecule has 4 aromatic rings. The van der Waals surface area contributed by atoms with Crippen LogP contribution in [0.2, 0.25) is 15.1 Å². The standard InChI is InChI=1S/C25H20Cl3N3O/c1-13-4-6-14(7-5-13)19-10-16-22-20(29-19)11-25(2,3)12-21(22)30-31(24(16)32)23-17(27)8-15(26)9-18(23)28/h4-10H,11-12H2,1-3H3. The molecule has 2 heterocycles. The van der Waals surface area contributed by atoms with Crippen LogP contribution in [0.15, 0.2) is 47.3 Å². The van der Waals surface area contributed by atoms with Gasteiger partial charge in [-0.05, 0) is 43.4 Å². The van der Waals surface area contributed by atoms with E-state index in [9.17, 15) is 4.79 Å². The largest absolute Gasteiger partial charge is 0.279 e. The van der Waals surface area contributed by atoms with Crippen LogP contribution in [0.4, 0.5) is 0 Å². The average Bonchev–Trinajstić information content (AvgIpc) is 2.69. The molecule has 1 aliphatic rings. The first-order valence-electron chi connectivity index (χ1n) is 10.3. The number of pyridine rings is 1. The van der Waals surface area contributed by atoms with E-state index in [-0.39, 0.29) is 21.0 Å². The van der Waals surface area contributed by atoms with Crippen LogP contribution in [-0.2, 0) is 12.8 Å². The normalized spacial score (nSPS) is 14.7. The molecule has 0 spiro atoms. The van der Waals surface area contributed by atoms with Gasteiger partial charge in [0.05, 0.1) is 32.5 Å². The van der Waals surface area contributed by atoms with Gasteiger partial charge in [-0.2, -0.15) is 9.78 Å². The van der Waals surface area contributed by atoms with Gasteiger partial charge in [0.2, 0.25) is 0 Å². The van der Waals surface area contributed by atoms with Gasteiger partial charge < -0.3 is 0 Å². The third-order valence-corrected chi connectivity index (χ3v) is 6.65. The summed E-state index contributed by atoms with van der Waals surface area (Å²) in [6.45, 7) is 6.41. The number of aryl methyl sites for hydroxylation is 1. The molecule has 7 heteroatoms. The van der Waals surface area contributed by atoms with Crippen molar-refractivity contribution < 1.29 is 0 Å². The van der Waals surface area contributed by atoms with Crippen LogP contribution in [-0.4, -0.2) is 14.8 Å². The van der Waals surface area contributed by atoms with E-state index in [1.807, 2.05) is 37.3 Å². The van der Waals surface area contributed by atoms with E-state index in [1.165, 1.54) is 4.68 Å². The highest BCUT2D eigenvalue weighted by Crippen LogP contribution is 2.38. The monoisotopic (exact) mass is 483 g/mol. The summed E-state index contributed by atoms with van der Waals surface area (Å²) in [5, 5.41) is 7.05. The molecule has 0 radical (unpaired) electrons. The van der Waals surface area contributed by atoms with Crippen molar-refractivity contribution in [3.8, 4) is 16.9 Å². The van der Waals surface area contributed by atoms with Crippen molar-refractivity contribution in [2.24, 2.45) is 5.41 Å². The van der Waals surface area contributed by atoms with Crippen molar-refractivity contribution in [2.45, 2.75) is 33.6 Å². The Morgan fingerprint density at radius 2 is 1.56 bits per heavy atom. The Kier molecular flexibility index (Phi) is 5.08. The van der Waals surface area contributed by atoms with E-state index in [4.69, 9.17) is 44.9 Å². The summed E-state index contributed by atoms with van der Waals surface area (Å²) >= 11 is 19.0. The molecule has 4 nitrogen and oxygen atoms in total. The summed E-state index contributed by atoms with van der Waals surface area (Å²) in [6, 6.07) is 13.1. The van der Waals surface area contributed by atoms with Crippen LogP contribution in [0.5, 0.6) is 0 Å². The first-order chi connectivity index (χ1) is 15.1. The Morgan fingerprint density at radius 3 is 2.22 bits per heavy atom. The highest BCUT2D eigenvalue weighted by atomic mass is 35.5. The maximum Gasteiger partial charge on any atom is 0.279 e. The average molecular weight is 485 g/mol. The Bertz CT molecular complexity index is 1430. The molecule has 0 fully saturated rings. The van der Waals surface area contributed by atoms with Crippen LogP contribution in [0.25, 0.3) is 27.7 Å². The third kappa shape index (κ3) is 3.61. The SMILES string of the molecule is Cc1ccc(-c2cc3c(=O)n(-c4c(Cl)cc(Cl)cc4Cl)nc4c3c(n2)CC(C)(C)C4)cc1. The first kappa shape index (κ1) is 21.4. The fourth-order valence-electron chi connectivity index (χ4n) is 4.40. The van der Waals surface area contributed by atoms with E-state index in [0.29, 0.717) is 22.5 Å². The minimum atomic E-state index is -0.286. The number of benzene rings is 2. The second-order valence-corrected chi connectivity index (χ2v) is 10.4. The van der Waals surface area contributed by atoms with E-state index in [2.05, 4.69) is 13.8 Å². The number of hydrogen-bond acceptors (Lipinski definition) is 3. The van der Waals surface area contributed by atoms with Crippen molar-refractivity contribution in [2.75, 3.05) is 0 Å². The Hall–Kier alpha value is -2.40. The van der Waals surface area contributed by atoms with Gasteiger partial charge in [-0.25, -0.2) is 0 Å². The predicted octanol–water partition coefficient (Wildman–Crippen LogP) is 6.84. The van der Waals surface area contributed by atoms with Gasteiger partial charge in [0.1, 0.15) is 5.69 Å². The Morgan fingerprint density at radius 1 is 0.938 bits per heavy atom. The molecule has 162 valence electrons. The van der Waals surface area contributed by atoms with E-state index in [0.717, 1.165) is 40.0 Å². The number of aromatic nitrogens is 3. The Balaban J connectivity index is 1.86. The van der Waals surface area contributed by atoms with Gasteiger partial charge >= 0.3 is 0 Å². The van der Waals surface area contributed by atoms with Crippen LogP contribution in [0.1, 0.15) is 30.8 Å². The van der Waals surface area contributed by atoms with Crippen molar-refractivity contribution in [3.05, 3.63) is 84.8 Å². The number of hydrogen-bond donors (Lipinski definition) is 0. The van der Waals surface area contributed by atoms with Crippen LogP contribution in [0.3, 0.4) is 0 Å². The van der Waals surface area contributed by atoms with Crippen LogP contribution < -0.4 is 5.56 Å². The maximum absolute atomic E-state index is 13.7. The van der Waals surface area contributed by atoms with Crippen LogP contribution >= 0.6 is 34.8 Å². The summed E-state index contributed by atoms with van der Waals surface area (Å²) in [7, 11) is 0. The predicted molar refractivity (Wildman–Crippen MR) is 132 cm³/mol. The van der Waals surface area contributed by atoms with Crippen molar-refractivity contribution in [1.82, 2.24) is 14.8 Å². The maximum atomic E-state index is 13.7. The molecule has 32 heavy (non-hydrogen) atoms. The molecule has 0 aliphatic heterocycles. The number of rotatable bonds is 2. The molecule has 2 aromatic carbocycles.